The molecule has 4 heteroatoms. The Morgan fingerprint density at radius 3 is 1.54 bits per heavy atom. The fourth-order valence-electron chi connectivity index (χ4n) is 7.78. The molecule has 0 spiro atoms. The Hall–Kier alpha value is -6.65. The summed E-state index contributed by atoms with van der Waals surface area (Å²) in [5.74, 6) is 1.96. The van der Waals surface area contributed by atoms with Crippen molar-refractivity contribution in [2.45, 2.75) is 19.3 Å². The molecule has 0 N–H and O–H groups in total. The zero-order chi connectivity index (χ0) is 34.8. The maximum Gasteiger partial charge on any atom is 0.164 e. The minimum absolute atomic E-state index is 0.110. The van der Waals surface area contributed by atoms with Crippen molar-refractivity contribution in [2.24, 2.45) is 0 Å². The highest BCUT2D eigenvalue weighted by atomic mass is 16.3. The number of nitrogens with zero attached hydrogens (tertiary/aromatic N) is 3. The first kappa shape index (κ1) is 30.2. The van der Waals surface area contributed by atoms with Crippen LogP contribution in [0, 0.1) is 0 Å². The van der Waals surface area contributed by atoms with Gasteiger partial charge in [-0.1, -0.05) is 147 Å². The quantitative estimate of drug-likeness (QED) is 0.183. The second-order valence-electron chi connectivity index (χ2n) is 14.1. The molecule has 0 unspecified atom stereocenters. The summed E-state index contributed by atoms with van der Waals surface area (Å²) in [6, 6.07) is 57.3. The van der Waals surface area contributed by atoms with Crippen LogP contribution in [0.2, 0.25) is 0 Å². The molecule has 0 radical (unpaired) electrons. The molecule has 0 amide bonds. The van der Waals surface area contributed by atoms with E-state index in [4.69, 9.17) is 19.4 Å². The van der Waals surface area contributed by atoms with Crippen molar-refractivity contribution in [3.63, 3.8) is 0 Å². The van der Waals surface area contributed by atoms with Gasteiger partial charge in [0.05, 0.1) is 0 Å². The van der Waals surface area contributed by atoms with Crippen LogP contribution >= 0.6 is 0 Å². The molecule has 4 nitrogen and oxygen atoms in total. The van der Waals surface area contributed by atoms with Crippen molar-refractivity contribution in [3.8, 4) is 67.5 Å². The number of hydrogen-bond donors (Lipinski definition) is 0. The molecule has 0 saturated carbocycles. The van der Waals surface area contributed by atoms with Gasteiger partial charge >= 0.3 is 0 Å². The Balaban J connectivity index is 0.999. The van der Waals surface area contributed by atoms with Gasteiger partial charge in [-0.15, -0.1) is 0 Å². The van der Waals surface area contributed by atoms with E-state index in [9.17, 15) is 0 Å². The molecule has 7 aromatic carbocycles. The minimum Gasteiger partial charge on any atom is -0.456 e. The predicted molar refractivity (Wildman–Crippen MR) is 212 cm³/mol. The summed E-state index contributed by atoms with van der Waals surface area (Å²) in [6.07, 6.45) is 0. The smallest absolute Gasteiger partial charge is 0.164 e. The van der Waals surface area contributed by atoms with Crippen molar-refractivity contribution >= 4 is 21.9 Å². The van der Waals surface area contributed by atoms with E-state index in [1.807, 2.05) is 66.7 Å². The summed E-state index contributed by atoms with van der Waals surface area (Å²) >= 11 is 0. The van der Waals surface area contributed by atoms with Crippen LogP contribution < -0.4 is 0 Å². The third kappa shape index (κ3) is 4.95. The fraction of sp³-hybridized carbons (Fsp3) is 0.0625. The molecule has 2 heterocycles. The monoisotopic (exact) mass is 667 g/mol. The maximum atomic E-state index is 6.32. The van der Waals surface area contributed by atoms with E-state index in [-0.39, 0.29) is 5.41 Å². The normalized spacial score (nSPS) is 13.0. The number of aromatic nitrogens is 3. The van der Waals surface area contributed by atoms with Gasteiger partial charge in [0.1, 0.15) is 11.2 Å². The van der Waals surface area contributed by atoms with Crippen LogP contribution in [0.25, 0.3) is 89.5 Å². The van der Waals surface area contributed by atoms with Gasteiger partial charge < -0.3 is 4.42 Å². The lowest BCUT2D eigenvalue weighted by Gasteiger charge is -2.21. The standard InChI is InChI=1S/C48H33N3O/c1-48(2)41-25-24-36(27-38(41)39-29-44-40(28-42(39)48)37-18-9-10-19-43(37)52-44)35-17-11-16-34(26-35)30-20-22-33(23-21-30)47-50-45(31-12-5-3-6-13-31)49-46(51-47)32-14-7-4-8-15-32/h3-29H,1-2H3. The first-order valence-electron chi connectivity index (χ1n) is 17.7. The summed E-state index contributed by atoms with van der Waals surface area (Å²) in [7, 11) is 0. The number of hydrogen-bond acceptors (Lipinski definition) is 4. The van der Waals surface area contributed by atoms with E-state index >= 15 is 0 Å². The second-order valence-corrected chi connectivity index (χ2v) is 14.1. The minimum atomic E-state index is -0.110. The molecule has 0 bridgehead atoms. The van der Waals surface area contributed by atoms with Gasteiger partial charge in [-0.2, -0.15) is 0 Å². The zero-order valence-electron chi connectivity index (χ0n) is 28.8. The van der Waals surface area contributed by atoms with E-state index in [0.717, 1.165) is 39.0 Å². The second kappa shape index (κ2) is 11.7. The van der Waals surface area contributed by atoms with E-state index in [1.165, 1.54) is 44.2 Å². The lowest BCUT2D eigenvalue weighted by molar-refractivity contribution is 0.658. The van der Waals surface area contributed by atoms with Crippen LogP contribution in [0.15, 0.2) is 168 Å². The van der Waals surface area contributed by atoms with Gasteiger partial charge in [0.15, 0.2) is 17.5 Å². The first-order valence-corrected chi connectivity index (χ1v) is 17.7. The van der Waals surface area contributed by atoms with Crippen LogP contribution in [0.5, 0.6) is 0 Å². The number of benzene rings is 7. The third-order valence-corrected chi connectivity index (χ3v) is 10.5. The molecule has 0 atom stereocenters. The first-order chi connectivity index (χ1) is 25.5. The topological polar surface area (TPSA) is 51.8 Å². The summed E-state index contributed by atoms with van der Waals surface area (Å²) in [4.78, 5) is 14.7. The number of fused-ring (bicyclic) bond motifs is 6. The van der Waals surface area contributed by atoms with Crippen molar-refractivity contribution < 1.29 is 4.42 Å². The molecular weight excluding hydrogens is 635 g/mol. The highest BCUT2D eigenvalue weighted by molar-refractivity contribution is 6.07. The zero-order valence-corrected chi connectivity index (χ0v) is 28.8. The Bertz CT molecular complexity index is 2740. The van der Waals surface area contributed by atoms with Crippen molar-refractivity contribution in [1.29, 1.82) is 0 Å². The van der Waals surface area contributed by atoms with E-state index in [0.29, 0.717) is 17.5 Å². The van der Waals surface area contributed by atoms with E-state index in [1.54, 1.807) is 0 Å². The van der Waals surface area contributed by atoms with Gasteiger partial charge in [-0.05, 0) is 74.8 Å². The lowest BCUT2D eigenvalue weighted by Crippen LogP contribution is -2.14. The van der Waals surface area contributed by atoms with E-state index in [2.05, 4.69) is 111 Å². The molecule has 0 fully saturated rings. The summed E-state index contributed by atoms with van der Waals surface area (Å²) in [6.45, 7) is 4.66. The third-order valence-electron chi connectivity index (χ3n) is 10.5. The van der Waals surface area contributed by atoms with E-state index < -0.39 is 0 Å². The number of rotatable bonds is 5. The molecule has 0 aliphatic heterocycles. The average molecular weight is 668 g/mol. The highest BCUT2D eigenvalue weighted by Gasteiger charge is 2.36. The summed E-state index contributed by atoms with van der Waals surface area (Å²) in [5, 5.41) is 2.35. The maximum absolute atomic E-state index is 6.32. The molecule has 0 saturated heterocycles. The Morgan fingerprint density at radius 2 is 0.865 bits per heavy atom. The highest BCUT2D eigenvalue weighted by Crippen LogP contribution is 2.51. The molecule has 1 aliphatic rings. The lowest BCUT2D eigenvalue weighted by atomic mass is 9.81. The van der Waals surface area contributed by atoms with Gasteiger partial charge in [0.2, 0.25) is 0 Å². The van der Waals surface area contributed by atoms with Crippen LogP contribution in [-0.2, 0) is 5.41 Å². The SMILES string of the molecule is CC1(C)c2ccc(-c3cccc(-c4ccc(-c5nc(-c6ccccc6)nc(-c6ccccc6)n5)cc4)c3)cc2-c2cc3oc4ccccc4c3cc21. The van der Waals surface area contributed by atoms with Gasteiger partial charge in [0, 0.05) is 32.9 Å². The fourth-order valence-corrected chi connectivity index (χ4v) is 7.78. The van der Waals surface area contributed by atoms with Crippen molar-refractivity contribution in [2.75, 3.05) is 0 Å². The summed E-state index contributed by atoms with van der Waals surface area (Å²) in [5.41, 5.74) is 14.5. The van der Waals surface area contributed by atoms with Crippen molar-refractivity contribution in [3.05, 3.63) is 175 Å². The molecule has 10 rings (SSSR count). The average Bonchev–Trinajstić information content (AvgIpc) is 3.68. The number of furan rings is 1. The predicted octanol–water partition coefficient (Wildman–Crippen LogP) is 12.4. The Kier molecular flexibility index (Phi) is 6.80. The molecule has 9 aromatic rings. The Labute approximate surface area is 302 Å². The van der Waals surface area contributed by atoms with Gasteiger partial charge in [0.25, 0.3) is 0 Å². The van der Waals surface area contributed by atoms with Crippen LogP contribution in [0.4, 0.5) is 0 Å². The number of para-hydroxylation sites is 1. The Morgan fingerprint density at radius 1 is 0.365 bits per heavy atom. The van der Waals surface area contributed by atoms with Crippen molar-refractivity contribution in [1.82, 2.24) is 15.0 Å². The van der Waals surface area contributed by atoms with Crippen LogP contribution in [0.1, 0.15) is 25.0 Å². The molecule has 246 valence electrons. The molecule has 52 heavy (non-hydrogen) atoms. The summed E-state index contributed by atoms with van der Waals surface area (Å²) < 4.78 is 6.32. The van der Waals surface area contributed by atoms with Crippen LogP contribution in [0.3, 0.4) is 0 Å². The van der Waals surface area contributed by atoms with Gasteiger partial charge in [-0.25, -0.2) is 15.0 Å². The van der Waals surface area contributed by atoms with Crippen LogP contribution in [-0.4, -0.2) is 15.0 Å². The molecular formula is C48H33N3O. The van der Waals surface area contributed by atoms with Gasteiger partial charge in [-0.3, -0.25) is 0 Å². The molecule has 1 aliphatic carbocycles. The largest absolute Gasteiger partial charge is 0.456 e. The molecule has 2 aromatic heterocycles.